The lowest BCUT2D eigenvalue weighted by atomic mass is 9.44. The smallest absolute Gasteiger partial charge is 0.106 e. The van der Waals surface area contributed by atoms with Gasteiger partial charge in [0.2, 0.25) is 0 Å². The quantitative estimate of drug-likeness (QED) is 0.281. The molecule has 4 fully saturated rings. The van der Waals surface area contributed by atoms with Gasteiger partial charge in [-0.2, -0.15) is 0 Å². The van der Waals surface area contributed by atoms with Crippen molar-refractivity contribution in [3.05, 3.63) is 0 Å². The Labute approximate surface area is 206 Å². The highest BCUT2D eigenvalue weighted by atomic mass is 79.9. The molecule has 0 saturated heterocycles. The molecule has 4 aliphatic rings. The molecule has 0 spiro atoms. The molecule has 0 heterocycles. The van der Waals surface area contributed by atoms with E-state index in [1.807, 2.05) is 6.92 Å². The van der Waals surface area contributed by atoms with Crippen molar-refractivity contribution in [1.82, 2.24) is 0 Å². The predicted octanol–water partition coefficient (Wildman–Crippen LogP) is 9.14. The summed E-state index contributed by atoms with van der Waals surface area (Å²) in [5.41, 5.74) is 0.195. The summed E-state index contributed by atoms with van der Waals surface area (Å²) in [6.07, 6.45) is 11.5. The van der Waals surface area contributed by atoms with Gasteiger partial charge in [0.15, 0.2) is 0 Å². The molecule has 0 bridgehead atoms. The van der Waals surface area contributed by atoms with Gasteiger partial charge in [-0.3, -0.25) is 4.39 Å². The van der Waals surface area contributed by atoms with E-state index in [2.05, 4.69) is 52.6 Å². The molecule has 12 atom stereocenters. The van der Waals surface area contributed by atoms with Gasteiger partial charge in [-0.1, -0.05) is 72.4 Å². The minimum Gasteiger partial charge on any atom is -0.251 e. The van der Waals surface area contributed by atoms with Crippen LogP contribution in [0.4, 0.5) is 8.78 Å². The summed E-state index contributed by atoms with van der Waals surface area (Å²) in [5, 5.41) is 0. The number of rotatable bonds is 6. The Morgan fingerprint density at radius 1 is 0.968 bits per heavy atom. The minimum atomic E-state index is -0.676. The Morgan fingerprint density at radius 3 is 2.42 bits per heavy atom. The first-order valence-corrected chi connectivity index (χ1v) is 15.0. The molecule has 5 unspecified atom stereocenters. The molecule has 0 nitrogen and oxygen atoms in total. The SMILES string of the molecule is CC(CF)CC(Br)C(Br)[C@@H](C)[C@H]1CC[C@H]2[C@@H]3CCC4CCCC[C@]4(C)[C@H]3CC(F)[C@]12C. The number of halogens is 4. The van der Waals surface area contributed by atoms with Gasteiger partial charge in [-0.05, 0) is 98.2 Å². The van der Waals surface area contributed by atoms with Crippen molar-refractivity contribution in [2.24, 2.45) is 52.3 Å². The molecular formula is C27H44Br2F2. The Kier molecular flexibility index (Phi) is 7.61. The van der Waals surface area contributed by atoms with Crippen LogP contribution in [0.2, 0.25) is 0 Å². The van der Waals surface area contributed by atoms with E-state index in [9.17, 15) is 4.39 Å². The zero-order chi connectivity index (χ0) is 22.6. The highest BCUT2D eigenvalue weighted by molar-refractivity contribution is 9.12. The van der Waals surface area contributed by atoms with Gasteiger partial charge in [-0.15, -0.1) is 0 Å². The minimum absolute atomic E-state index is 0.0688. The van der Waals surface area contributed by atoms with Crippen LogP contribution in [0.5, 0.6) is 0 Å². The molecule has 31 heavy (non-hydrogen) atoms. The maximum Gasteiger partial charge on any atom is 0.106 e. The highest BCUT2D eigenvalue weighted by Gasteiger charge is 2.64. The van der Waals surface area contributed by atoms with Crippen molar-refractivity contribution < 1.29 is 8.78 Å². The third kappa shape index (κ3) is 4.12. The fourth-order valence-electron chi connectivity index (χ4n) is 9.23. The van der Waals surface area contributed by atoms with Crippen LogP contribution in [0.15, 0.2) is 0 Å². The molecule has 0 N–H and O–H groups in total. The lowest BCUT2D eigenvalue weighted by Crippen LogP contribution is -2.57. The van der Waals surface area contributed by atoms with Crippen LogP contribution >= 0.6 is 31.9 Å². The standard InChI is InChI=1S/C27H44Br2F2/c1-16(15-30)13-23(28)25(29)17(2)20-10-11-21-19-9-8-18-7-5-6-12-26(18,3)22(19)14-24(31)27(20,21)4/h16-25H,5-15H2,1-4H3/t16?,17-,18?,19-,20+,21-,22-,23?,24?,25?,26-,27+/m0/s1. The Bertz CT molecular complexity index is 628. The first kappa shape index (κ1) is 24.9. The summed E-state index contributed by atoms with van der Waals surface area (Å²) in [5.74, 6) is 3.59. The van der Waals surface area contributed by atoms with Gasteiger partial charge in [-0.25, -0.2) is 4.39 Å². The van der Waals surface area contributed by atoms with Gasteiger partial charge in [0.05, 0.1) is 6.67 Å². The molecule has 0 aliphatic heterocycles. The molecule has 0 aromatic carbocycles. The third-order valence-electron chi connectivity index (χ3n) is 11.1. The topological polar surface area (TPSA) is 0 Å². The van der Waals surface area contributed by atoms with E-state index in [1.54, 1.807) is 0 Å². The van der Waals surface area contributed by atoms with Crippen molar-refractivity contribution in [2.45, 2.75) is 108 Å². The molecule has 4 heteroatoms. The highest BCUT2D eigenvalue weighted by Crippen LogP contribution is 2.69. The average Bonchev–Trinajstić information content (AvgIpc) is 3.11. The second-order valence-corrected chi connectivity index (χ2v) is 14.7. The van der Waals surface area contributed by atoms with Crippen LogP contribution < -0.4 is 0 Å². The molecular weight excluding hydrogens is 522 g/mol. The molecule has 0 radical (unpaired) electrons. The summed E-state index contributed by atoms with van der Waals surface area (Å²) in [4.78, 5) is 0.500. The molecule has 0 aromatic heterocycles. The molecule has 0 amide bonds. The van der Waals surface area contributed by atoms with Gasteiger partial charge < -0.3 is 0 Å². The maximum absolute atomic E-state index is 16.3. The summed E-state index contributed by atoms with van der Waals surface area (Å²) in [6, 6.07) is 0. The van der Waals surface area contributed by atoms with Gasteiger partial charge in [0.1, 0.15) is 6.17 Å². The van der Waals surface area contributed by atoms with E-state index in [1.165, 1.54) is 44.9 Å². The van der Waals surface area contributed by atoms with Gasteiger partial charge in [0, 0.05) is 15.1 Å². The normalized spacial score (nSPS) is 48.8. The van der Waals surface area contributed by atoms with E-state index >= 15 is 4.39 Å². The first-order valence-electron chi connectivity index (χ1n) is 13.1. The van der Waals surface area contributed by atoms with E-state index in [0.717, 1.165) is 31.1 Å². The van der Waals surface area contributed by atoms with Crippen LogP contribution in [0.25, 0.3) is 0 Å². The largest absolute Gasteiger partial charge is 0.251 e. The van der Waals surface area contributed by atoms with E-state index in [-0.39, 0.29) is 27.7 Å². The van der Waals surface area contributed by atoms with Crippen LogP contribution in [0, 0.1) is 52.3 Å². The second-order valence-electron chi connectivity index (χ2n) is 12.5. The van der Waals surface area contributed by atoms with Crippen LogP contribution in [0.3, 0.4) is 0 Å². The fraction of sp³-hybridized carbons (Fsp3) is 1.00. The second kappa shape index (κ2) is 9.46. The Hall–Kier alpha value is 0.820. The summed E-state index contributed by atoms with van der Waals surface area (Å²) >= 11 is 7.81. The Morgan fingerprint density at radius 2 is 1.71 bits per heavy atom. The van der Waals surface area contributed by atoms with Crippen molar-refractivity contribution in [3.63, 3.8) is 0 Å². The van der Waals surface area contributed by atoms with Crippen LogP contribution in [-0.4, -0.2) is 22.5 Å². The molecule has 4 rings (SSSR count). The fourth-order valence-corrected chi connectivity index (χ4v) is 10.9. The zero-order valence-corrected chi connectivity index (χ0v) is 23.2. The third-order valence-corrected chi connectivity index (χ3v) is 14.2. The van der Waals surface area contributed by atoms with Crippen molar-refractivity contribution in [1.29, 1.82) is 0 Å². The number of hydrogen-bond acceptors (Lipinski definition) is 0. The summed E-state index contributed by atoms with van der Waals surface area (Å²) in [6.45, 7) is 8.88. The average molecular weight is 566 g/mol. The monoisotopic (exact) mass is 564 g/mol. The van der Waals surface area contributed by atoms with E-state index in [0.29, 0.717) is 29.1 Å². The molecule has 0 aromatic rings. The predicted molar refractivity (Wildman–Crippen MR) is 134 cm³/mol. The van der Waals surface area contributed by atoms with Crippen LogP contribution in [0.1, 0.15) is 91.9 Å². The summed E-state index contributed by atoms with van der Waals surface area (Å²) in [7, 11) is 0. The van der Waals surface area contributed by atoms with Crippen molar-refractivity contribution >= 4 is 31.9 Å². The zero-order valence-electron chi connectivity index (χ0n) is 20.1. The number of alkyl halides is 4. The molecule has 4 aliphatic carbocycles. The first-order chi connectivity index (χ1) is 14.6. The van der Waals surface area contributed by atoms with Gasteiger partial charge in [0.25, 0.3) is 0 Å². The van der Waals surface area contributed by atoms with E-state index < -0.39 is 6.17 Å². The number of fused-ring (bicyclic) bond motifs is 5. The number of hydrogen-bond donors (Lipinski definition) is 0. The molecule has 180 valence electrons. The van der Waals surface area contributed by atoms with E-state index in [4.69, 9.17) is 0 Å². The summed E-state index contributed by atoms with van der Waals surface area (Å²) < 4.78 is 29.4. The lowest BCUT2D eigenvalue weighted by Gasteiger charge is -2.61. The van der Waals surface area contributed by atoms with Crippen LogP contribution in [-0.2, 0) is 0 Å². The van der Waals surface area contributed by atoms with Crippen molar-refractivity contribution in [3.8, 4) is 0 Å². The Balaban J connectivity index is 1.53. The van der Waals surface area contributed by atoms with Crippen molar-refractivity contribution in [2.75, 3.05) is 6.67 Å². The molecule has 4 saturated carbocycles. The maximum atomic E-state index is 16.3. The lowest BCUT2D eigenvalue weighted by molar-refractivity contribution is -0.147. The van der Waals surface area contributed by atoms with Gasteiger partial charge >= 0.3 is 0 Å².